The molecule has 0 saturated carbocycles. The fourth-order valence-corrected chi connectivity index (χ4v) is 2.49. The highest BCUT2D eigenvalue weighted by Gasteiger charge is 2.22. The molecule has 0 bridgehead atoms. The van der Waals surface area contributed by atoms with Gasteiger partial charge in [-0.15, -0.1) is 0 Å². The molecule has 0 radical (unpaired) electrons. The normalized spacial score (nSPS) is 11.5. The number of rotatable bonds is 10. The van der Waals surface area contributed by atoms with Crippen molar-refractivity contribution in [2.75, 3.05) is 11.9 Å². The van der Waals surface area contributed by atoms with E-state index in [1.54, 1.807) is 31.5 Å². The summed E-state index contributed by atoms with van der Waals surface area (Å²) in [5.41, 5.74) is 0.405. The van der Waals surface area contributed by atoms with Crippen LogP contribution >= 0.6 is 0 Å². The maximum Gasteiger partial charge on any atom is 0.296 e. The average molecular weight is 388 g/mol. The van der Waals surface area contributed by atoms with Crippen LogP contribution in [0.4, 0.5) is 11.4 Å². The average Bonchev–Trinajstić information content (AvgIpc) is 2.67. The van der Waals surface area contributed by atoms with Gasteiger partial charge in [0.2, 0.25) is 5.91 Å². The van der Waals surface area contributed by atoms with E-state index in [2.05, 4.69) is 10.3 Å². The van der Waals surface area contributed by atoms with Gasteiger partial charge in [0.05, 0.1) is 30.0 Å². The van der Waals surface area contributed by atoms with E-state index in [1.807, 2.05) is 0 Å². The second-order valence-corrected chi connectivity index (χ2v) is 5.85. The zero-order valence-corrected chi connectivity index (χ0v) is 15.2. The Kier molecular flexibility index (Phi) is 7.40. The number of carboxylic acid groups (broad SMARTS) is 1. The molecule has 0 aliphatic heterocycles. The number of carboxylic acids is 1. The van der Waals surface area contributed by atoms with Gasteiger partial charge in [0.25, 0.3) is 5.69 Å². The first kappa shape index (κ1) is 20.8. The SMILES string of the molecule is CCOc1ccc(NC(=O)C[C@@H]([NH2+]Cc2cccnc2)C(=O)[O-])c([N+](=O)[O-])c1. The third-order valence-corrected chi connectivity index (χ3v) is 3.82. The highest BCUT2D eigenvalue weighted by molar-refractivity contribution is 5.95. The lowest BCUT2D eigenvalue weighted by molar-refractivity contribution is -0.697. The smallest absolute Gasteiger partial charge is 0.296 e. The summed E-state index contributed by atoms with van der Waals surface area (Å²) in [7, 11) is 0. The first-order chi connectivity index (χ1) is 13.4. The molecule has 1 amide bonds. The molecule has 1 aromatic heterocycles. The van der Waals surface area contributed by atoms with E-state index in [0.717, 1.165) is 5.56 Å². The number of amides is 1. The summed E-state index contributed by atoms with van der Waals surface area (Å²) in [4.78, 5) is 38.1. The van der Waals surface area contributed by atoms with Gasteiger partial charge < -0.3 is 25.3 Å². The third kappa shape index (κ3) is 6.02. The molecule has 10 nitrogen and oxygen atoms in total. The predicted octanol–water partition coefficient (Wildman–Crippen LogP) is -0.401. The van der Waals surface area contributed by atoms with Crippen LogP contribution in [0.15, 0.2) is 42.7 Å². The fraction of sp³-hybridized carbons (Fsp3) is 0.278. The molecule has 148 valence electrons. The highest BCUT2D eigenvalue weighted by atomic mass is 16.6. The van der Waals surface area contributed by atoms with Gasteiger partial charge in [-0.25, -0.2) is 0 Å². The van der Waals surface area contributed by atoms with E-state index >= 15 is 0 Å². The molecule has 0 fully saturated rings. The summed E-state index contributed by atoms with van der Waals surface area (Å²) in [6.07, 6.45) is 2.77. The zero-order valence-electron chi connectivity index (χ0n) is 15.2. The summed E-state index contributed by atoms with van der Waals surface area (Å²) in [5, 5.41) is 26.4. The molecular formula is C18H20N4O6. The Hall–Kier alpha value is -3.53. The zero-order chi connectivity index (χ0) is 20.5. The molecule has 28 heavy (non-hydrogen) atoms. The van der Waals surface area contributed by atoms with Gasteiger partial charge in [-0.2, -0.15) is 0 Å². The highest BCUT2D eigenvalue weighted by Crippen LogP contribution is 2.29. The van der Waals surface area contributed by atoms with E-state index < -0.39 is 29.3 Å². The molecule has 0 aliphatic carbocycles. The number of pyridine rings is 1. The van der Waals surface area contributed by atoms with Crippen molar-refractivity contribution in [3.63, 3.8) is 0 Å². The van der Waals surface area contributed by atoms with Crippen LogP contribution in [-0.4, -0.2) is 34.4 Å². The van der Waals surface area contributed by atoms with Gasteiger partial charge >= 0.3 is 0 Å². The Balaban J connectivity index is 2.04. The number of hydrogen-bond donors (Lipinski definition) is 2. The van der Waals surface area contributed by atoms with E-state index in [4.69, 9.17) is 4.74 Å². The van der Waals surface area contributed by atoms with Crippen LogP contribution in [0, 0.1) is 10.1 Å². The number of carbonyl (C=O) groups is 2. The second-order valence-electron chi connectivity index (χ2n) is 5.85. The number of ether oxygens (including phenoxy) is 1. The molecule has 0 unspecified atom stereocenters. The molecule has 0 saturated heterocycles. The number of quaternary nitrogens is 1. The van der Waals surface area contributed by atoms with Crippen LogP contribution in [0.1, 0.15) is 18.9 Å². The largest absolute Gasteiger partial charge is 0.544 e. The summed E-state index contributed by atoms with van der Waals surface area (Å²) in [6.45, 7) is 2.37. The molecule has 0 spiro atoms. The Morgan fingerprint density at radius 3 is 2.75 bits per heavy atom. The lowest BCUT2D eigenvalue weighted by Crippen LogP contribution is -2.92. The molecule has 1 atom stereocenters. The van der Waals surface area contributed by atoms with E-state index in [1.165, 1.54) is 23.5 Å². The number of aliphatic carboxylic acids is 1. The summed E-state index contributed by atoms with van der Waals surface area (Å²) >= 11 is 0. The number of nitrogens with zero attached hydrogens (tertiary/aromatic N) is 2. The Bertz CT molecular complexity index is 843. The minimum atomic E-state index is -1.40. The van der Waals surface area contributed by atoms with E-state index in [-0.39, 0.29) is 11.4 Å². The summed E-state index contributed by atoms with van der Waals surface area (Å²) in [6, 6.07) is 6.37. The predicted molar refractivity (Wildman–Crippen MR) is 96.2 cm³/mol. The number of nitro groups is 1. The van der Waals surface area contributed by atoms with Gasteiger partial charge in [0.1, 0.15) is 24.0 Å². The van der Waals surface area contributed by atoms with Gasteiger partial charge in [-0.3, -0.25) is 19.9 Å². The van der Waals surface area contributed by atoms with Crippen LogP contribution in [-0.2, 0) is 16.1 Å². The van der Waals surface area contributed by atoms with Gasteiger partial charge in [-0.1, -0.05) is 6.07 Å². The Morgan fingerprint density at radius 1 is 1.36 bits per heavy atom. The van der Waals surface area contributed by atoms with Crippen molar-refractivity contribution in [3.05, 3.63) is 58.4 Å². The van der Waals surface area contributed by atoms with Crippen LogP contribution in [0.3, 0.4) is 0 Å². The first-order valence-electron chi connectivity index (χ1n) is 8.55. The van der Waals surface area contributed by atoms with Crippen molar-refractivity contribution in [2.45, 2.75) is 25.9 Å². The maximum atomic E-state index is 12.2. The Labute approximate surface area is 160 Å². The number of nitro benzene ring substituents is 1. The maximum absolute atomic E-state index is 12.2. The molecule has 10 heteroatoms. The monoisotopic (exact) mass is 388 g/mol. The van der Waals surface area contributed by atoms with Gasteiger partial charge in [0.15, 0.2) is 0 Å². The van der Waals surface area contributed by atoms with Crippen molar-refractivity contribution in [1.29, 1.82) is 0 Å². The number of nitrogens with one attached hydrogen (secondary N) is 1. The molecular weight excluding hydrogens is 368 g/mol. The van der Waals surface area contributed by atoms with Gasteiger partial charge in [-0.05, 0) is 25.1 Å². The number of benzene rings is 1. The van der Waals surface area contributed by atoms with Crippen LogP contribution in [0.25, 0.3) is 0 Å². The summed E-state index contributed by atoms with van der Waals surface area (Å²) in [5.74, 6) is -1.78. The molecule has 2 rings (SSSR count). The standard InChI is InChI=1S/C18H20N4O6/c1-2-28-13-5-6-14(16(8-13)22(26)27)21-17(23)9-15(18(24)25)20-11-12-4-3-7-19-10-12/h3-8,10,15,20H,2,9,11H2,1H3,(H,21,23)(H,24,25)/t15-/m1/s1. The molecule has 0 aliphatic rings. The Morgan fingerprint density at radius 2 is 2.14 bits per heavy atom. The number of aromatic nitrogens is 1. The van der Waals surface area contributed by atoms with Crippen molar-refractivity contribution in [2.24, 2.45) is 0 Å². The number of hydrogen-bond acceptors (Lipinski definition) is 7. The number of carbonyl (C=O) groups excluding carboxylic acids is 2. The van der Waals surface area contributed by atoms with Crippen LogP contribution in [0.5, 0.6) is 5.75 Å². The molecule has 1 heterocycles. The van der Waals surface area contributed by atoms with E-state index in [0.29, 0.717) is 18.9 Å². The molecule has 1 aromatic carbocycles. The summed E-state index contributed by atoms with van der Waals surface area (Å²) < 4.78 is 5.21. The quantitative estimate of drug-likeness (QED) is 0.415. The van der Waals surface area contributed by atoms with Crippen molar-refractivity contribution in [1.82, 2.24) is 4.98 Å². The van der Waals surface area contributed by atoms with Crippen molar-refractivity contribution in [3.8, 4) is 5.75 Å². The van der Waals surface area contributed by atoms with Crippen LogP contribution in [0.2, 0.25) is 0 Å². The van der Waals surface area contributed by atoms with Gasteiger partial charge in [0, 0.05) is 18.0 Å². The topological polar surface area (TPSA) is 151 Å². The van der Waals surface area contributed by atoms with Crippen LogP contribution < -0.4 is 20.5 Å². The first-order valence-corrected chi connectivity index (χ1v) is 8.55. The van der Waals surface area contributed by atoms with Crippen molar-refractivity contribution >= 4 is 23.3 Å². The van der Waals surface area contributed by atoms with E-state index in [9.17, 15) is 24.8 Å². The lowest BCUT2D eigenvalue weighted by Gasteiger charge is -2.16. The second kappa shape index (κ2) is 9.97. The number of nitrogens with two attached hydrogens (primary N) is 1. The lowest BCUT2D eigenvalue weighted by atomic mass is 10.1. The fourth-order valence-electron chi connectivity index (χ4n) is 2.49. The van der Waals surface area contributed by atoms with Crippen molar-refractivity contribution < 1.29 is 29.7 Å². The minimum Gasteiger partial charge on any atom is -0.544 e. The minimum absolute atomic E-state index is 0.0391. The molecule has 2 aromatic rings. The third-order valence-electron chi connectivity index (χ3n) is 3.82. The molecule has 3 N–H and O–H groups in total. The number of anilines is 1.